The van der Waals surface area contributed by atoms with Gasteiger partial charge in [0.2, 0.25) is 0 Å². The standard InChI is InChI=1S/C18H23NO4.ClH/c1-20-15-7-5-13(9-17(15)22-3)11-19-12-14-6-8-16(21-2)18(10-14)23-4;/h5-10,19H,11-12H2,1-4H3;1H. The number of hydrogen-bond donors (Lipinski definition) is 1. The van der Waals surface area contributed by atoms with Crippen molar-refractivity contribution < 1.29 is 18.9 Å². The van der Waals surface area contributed by atoms with Crippen molar-refractivity contribution in [3.8, 4) is 23.0 Å². The first-order chi connectivity index (χ1) is 11.2. The van der Waals surface area contributed by atoms with Crippen LogP contribution in [-0.4, -0.2) is 28.4 Å². The summed E-state index contributed by atoms with van der Waals surface area (Å²) in [6.45, 7) is 1.46. The molecule has 0 unspecified atom stereocenters. The quantitative estimate of drug-likeness (QED) is 0.787. The van der Waals surface area contributed by atoms with Gasteiger partial charge in [0.05, 0.1) is 28.4 Å². The van der Waals surface area contributed by atoms with Crippen LogP contribution in [0.5, 0.6) is 23.0 Å². The van der Waals surface area contributed by atoms with E-state index in [0.717, 1.165) is 47.2 Å². The van der Waals surface area contributed by atoms with Crippen molar-refractivity contribution in [3.63, 3.8) is 0 Å². The van der Waals surface area contributed by atoms with Crippen LogP contribution in [0.3, 0.4) is 0 Å². The molecule has 0 saturated heterocycles. The lowest BCUT2D eigenvalue weighted by Crippen LogP contribution is -2.13. The van der Waals surface area contributed by atoms with Gasteiger partial charge in [0.15, 0.2) is 23.0 Å². The first kappa shape index (κ1) is 19.9. The molecule has 0 amide bonds. The van der Waals surface area contributed by atoms with Crippen molar-refractivity contribution in [2.75, 3.05) is 28.4 Å². The van der Waals surface area contributed by atoms with Crippen LogP contribution >= 0.6 is 12.4 Å². The van der Waals surface area contributed by atoms with Crippen LogP contribution < -0.4 is 24.3 Å². The predicted molar refractivity (Wildman–Crippen MR) is 96.9 cm³/mol. The van der Waals surface area contributed by atoms with Crippen molar-refractivity contribution in [2.45, 2.75) is 13.1 Å². The average molecular weight is 354 g/mol. The molecule has 6 heteroatoms. The Hall–Kier alpha value is -2.11. The van der Waals surface area contributed by atoms with Crippen molar-refractivity contribution in [1.82, 2.24) is 5.32 Å². The van der Waals surface area contributed by atoms with Crippen LogP contribution in [-0.2, 0) is 13.1 Å². The zero-order valence-corrected chi connectivity index (χ0v) is 15.2. The van der Waals surface area contributed by atoms with E-state index in [1.807, 2.05) is 36.4 Å². The minimum absolute atomic E-state index is 0. The molecule has 1 N–H and O–H groups in total. The van der Waals surface area contributed by atoms with Gasteiger partial charge in [-0.25, -0.2) is 0 Å². The van der Waals surface area contributed by atoms with Gasteiger partial charge < -0.3 is 24.3 Å². The fourth-order valence-electron chi connectivity index (χ4n) is 2.33. The van der Waals surface area contributed by atoms with Gasteiger partial charge in [0.1, 0.15) is 0 Å². The van der Waals surface area contributed by atoms with Crippen molar-refractivity contribution in [2.24, 2.45) is 0 Å². The fraction of sp³-hybridized carbons (Fsp3) is 0.333. The zero-order chi connectivity index (χ0) is 16.7. The van der Waals surface area contributed by atoms with Crippen LogP contribution in [0.1, 0.15) is 11.1 Å². The van der Waals surface area contributed by atoms with Crippen LogP contribution in [0.4, 0.5) is 0 Å². The SMILES string of the molecule is COc1ccc(CNCc2ccc(OC)c(OC)c2)cc1OC.Cl. The summed E-state index contributed by atoms with van der Waals surface area (Å²) in [6, 6.07) is 11.8. The Balaban J connectivity index is 0.00000288. The van der Waals surface area contributed by atoms with Gasteiger partial charge in [0, 0.05) is 13.1 Å². The highest BCUT2D eigenvalue weighted by molar-refractivity contribution is 5.85. The summed E-state index contributed by atoms with van der Waals surface area (Å²) in [6.07, 6.45) is 0. The molecule has 2 aromatic rings. The van der Waals surface area contributed by atoms with E-state index < -0.39 is 0 Å². The molecule has 0 bridgehead atoms. The summed E-state index contributed by atoms with van der Waals surface area (Å²) < 4.78 is 21.1. The minimum Gasteiger partial charge on any atom is -0.493 e. The first-order valence-corrected chi connectivity index (χ1v) is 7.34. The molecule has 2 aromatic carbocycles. The zero-order valence-electron chi connectivity index (χ0n) is 14.4. The second-order valence-corrected chi connectivity index (χ2v) is 4.98. The lowest BCUT2D eigenvalue weighted by Gasteiger charge is -2.12. The number of rotatable bonds is 8. The summed E-state index contributed by atoms with van der Waals surface area (Å²) in [5, 5.41) is 3.40. The Morgan fingerprint density at radius 3 is 1.33 bits per heavy atom. The summed E-state index contributed by atoms with van der Waals surface area (Å²) in [5.41, 5.74) is 2.26. The van der Waals surface area contributed by atoms with E-state index in [9.17, 15) is 0 Å². The largest absolute Gasteiger partial charge is 0.493 e. The smallest absolute Gasteiger partial charge is 0.161 e. The third kappa shape index (κ3) is 4.94. The van der Waals surface area contributed by atoms with Crippen molar-refractivity contribution in [1.29, 1.82) is 0 Å². The monoisotopic (exact) mass is 353 g/mol. The van der Waals surface area contributed by atoms with Gasteiger partial charge >= 0.3 is 0 Å². The Labute approximate surface area is 149 Å². The van der Waals surface area contributed by atoms with E-state index in [2.05, 4.69) is 5.32 Å². The number of benzene rings is 2. The minimum atomic E-state index is 0. The summed E-state index contributed by atoms with van der Waals surface area (Å²) in [7, 11) is 6.54. The molecule has 132 valence electrons. The van der Waals surface area contributed by atoms with Gasteiger partial charge in [-0.3, -0.25) is 0 Å². The van der Waals surface area contributed by atoms with E-state index in [-0.39, 0.29) is 12.4 Å². The van der Waals surface area contributed by atoms with E-state index >= 15 is 0 Å². The molecule has 0 fully saturated rings. The van der Waals surface area contributed by atoms with E-state index in [1.54, 1.807) is 28.4 Å². The fourth-order valence-corrected chi connectivity index (χ4v) is 2.33. The predicted octanol–water partition coefficient (Wildman–Crippen LogP) is 3.43. The van der Waals surface area contributed by atoms with E-state index in [4.69, 9.17) is 18.9 Å². The molecule has 0 aliphatic carbocycles. The van der Waals surface area contributed by atoms with Crippen LogP contribution in [0.25, 0.3) is 0 Å². The van der Waals surface area contributed by atoms with Gasteiger partial charge in [-0.2, -0.15) is 0 Å². The van der Waals surface area contributed by atoms with Gasteiger partial charge in [-0.15, -0.1) is 12.4 Å². The lowest BCUT2D eigenvalue weighted by molar-refractivity contribution is 0.354. The molecule has 24 heavy (non-hydrogen) atoms. The second kappa shape index (κ2) is 9.90. The maximum atomic E-state index is 5.31. The molecule has 0 aromatic heterocycles. The lowest BCUT2D eigenvalue weighted by atomic mass is 10.1. The van der Waals surface area contributed by atoms with Crippen molar-refractivity contribution >= 4 is 12.4 Å². The highest BCUT2D eigenvalue weighted by Crippen LogP contribution is 2.28. The summed E-state index contributed by atoms with van der Waals surface area (Å²) in [4.78, 5) is 0. The second-order valence-electron chi connectivity index (χ2n) is 4.98. The highest BCUT2D eigenvalue weighted by atomic mass is 35.5. The van der Waals surface area contributed by atoms with E-state index in [1.165, 1.54) is 0 Å². The van der Waals surface area contributed by atoms with E-state index in [0.29, 0.717) is 0 Å². The number of ether oxygens (including phenoxy) is 4. The Bertz CT molecular complexity index is 593. The molecule has 5 nitrogen and oxygen atoms in total. The number of nitrogens with one attached hydrogen (secondary N) is 1. The molecule has 0 saturated carbocycles. The van der Waals surface area contributed by atoms with Gasteiger partial charge in [0.25, 0.3) is 0 Å². The Morgan fingerprint density at radius 2 is 1.00 bits per heavy atom. The maximum absolute atomic E-state index is 5.31. The van der Waals surface area contributed by atoms with Crippen LogP contribution in [0.15, 0.2) is 36.4 Å². The third-order valence-electron chi connectivity index (χ3n) is 3.55. The molecule has 0 atom stereocenters. The maximum Gasteiger partial charge on any atom is 0.161 e. The molecular formula is C18H24ClNO4. The topological polar surface area (TPSA) is 49.0 Å². The molecular weight excluding hydrogens is 330 g/mol. The molecule has 0 radical (unpaired) electrons. The third-order valence-corrected chi connectivity index (χ3v) is 3.55. The molecule has 0 spiro atoms. The summed E-state index contributed by atoms with van der Waals surface area (Å²) >= 11 is 0. The molecule has 0 aliphatic rings. The van der Waals surface area contributed by atoms with Crippen LogP contribution in [0.2, 0.25) is 0 Å². The molecule has 0 aliphatic heterocycles. The highest BCUT2D eigenvalue weighted by Gasteiger charge is 2.06. The normalized spacial score (nSPS) is 9.83. The number of methoxy groups -OCH3 is 4. The first-order valence-electron chi connectivity index (χ1n) is 7.34. The van der Waals surface area contributed by atoms with Crippen molar-refractivity contribution in [3.05, 3.63) is 47.5 Å². The summed E-state index contributed by atoms with van der Waals surface area (Å²) in [5.74, 6) is 2.93. The molecule has 2 rings (SSSR count). The molecule has 0 heterocycles. The number of halogens is 1. The van der Waals surface area contributed by atoms with Gasteiger partial charge in [-0.05, 0) is 35.4 Å². The Morgan fingerprint density at radius 1 is 0.625 bits per heavy atom. The average Bonchev–Trinajstić information content (AvgIpc) is 2.61. The Kier molecular flexibility index (Phi) is 8.22. The number of hydrogen-bond acceptors (Lipinski definition) is 5. The van der Waals surface area contributed by atoms with Gasteiger partial charge in [-0.1, -0.05) is 12.1 Å². The van der Waals surface area contributed by atoms with Crippen LogP contribution in [0, 0.1) is 0 Å².